The van der Waals surface area contributed by atoms with E-state index in [-0.39, 0.29) is 5.69 Å². The highest BCUT2D eigenvalue weighted by atomic mass is 16.6. The monoisotopic (exact) mass is 519 g/mol. The van der Waals surface area contributed by atoms with Crippen molar-refractivity contribution in [3.05, 3.63) is 107 Å². The number of anilines is 1. The summed E-state index contributed by atoms with van der Waals surface area (Å²) in [5.74, 6) is 0. The number of nitrogens with zero attached hydrogens (tertiary/aromatic N) is 5. The molecular formula is C32H33N5O2. The molecule has 1 aromatic heterocycles. The second kappa shape index (κ2) is 11.9. The Hall–Kier alpha value is -4.52. The summed E-state index contributed by atoms with van der Waals surface area (Å²) < 4.78 is 2.47. The number of benzene rings is 4. The Kier molecular flexibility index (Phi) is 7.96. The summed E-state index contributed by atoms with van der Waals surface area (Å²) in [4.78, 5) is 12.8. The highest BCUT2D eigenvalue weighted by molar-refractivity contribution is 6.07. The Bertz CT molecular complexity index is 1570. The molecule has 39 heavy (non-hydrogen) atoms. The van der Waals surface area contributed by atoms with E-state index >= 15 is 0 Å². The molecular weight excluding hydrogens is 486 g/mol. The van der Waals surface area contributed by atoms with Gasteiger partial charge in [-0.25, -0.2) is 0 Å². The molecule has 5 aromatic rings. The first-order valence-corrected chi connectivity index (χ1v) is 13.5. The van der Waals surface area contributed by atoms with Crippen molar-refractivity contribution in [1.82, 2.24) is 4.57 Å². The van der Waals surface area contributed by atoms with E-state index in [0.29, 0.717) is 5.69 Å². The van der Waals surface area contributed by atoms with Gasteiger partial charge in [0.05, 0.1) is 16.3 Å². The fourth-order valence-corrected chi connectivity index (χ4v) is 5.10. The highest BCUT2D eigenvalue weighted by Gasteiger charge is 2.10. The Morgan fingerprint density at radius 2 is 1.44 bits per heavy atom. The first-order chi connectivity index (χ1) is 19.0. The molecule has 5 rings (SSSR count). The molecule has 0 atom stereocenters. The first kappa shape index (κ1) is 26.1. The summed E-state index contributed by atoms with van der Waals surface area (Å²) in [5, 5.41) is 22.2. The second-order valence-corrected chi connectivity index (χ2v) is 9.97. The maximum atomic E-state index is 10.9. The van der Waals surface area contributed by atoms with Gasteiger partial charge in [0.25, 0.3) is 5.69 Å². The zero-order chi connectivity index (χ0) is 27.2. The third kappa shape index (κ3) is 5.98. The van der Waals surface area contributed by atoms with Crippen molar-refractivity contribution in [1.29, 1.82) is 0 Å². The van der Waals surface area contributed by atoms with Crippen molar-refractivity contribution in [3.8, 4) is 0 Å². The quantitative estimate of drug-likeness (QED) is 0.0755. The van der Waals surface area contributed by atoms with Gasteiger partial charge < -0.3 is 9.47 Å². The Morgan fingerprint density at radius 1 is 0.795 bits per heavy atom. The van der Waals surface area contributed by atoms with Crippen LogP contribution in [0.4, 0.5) is 22.7 Å². The number of nitro benzene ring substituents is 1. The van der Waals surface area contributed by atoms with Crippen LogP contribution in [-0.2, 0) is 6.54 Å². The van der Waals surface area contributed by atoms with Crippen molar-refractivity contribution in [2.75, 3.05) is 18.5 Å². The topological polar surface area (TPSA) is 76.0 Å². The highest BCUT2D eigenvalue weighted by Crippen LogP contribution is 2.29. The van der Waals surface area contributed by atoms with E-state index in [2.05, 4.69) is 87.4 Å². The molecule has 0 saturated carbocycles. The molecule has 4 aromatic carbocycles. The van der Waals surface area contributed by atoms with E-state index in [1.807, 2.05) is 12.1 Å². The Morgan fingerprint density at radius 3 is 2.08 bits per heavy atom. The van der Waals surface area contributed by atoms with Gasteiger partial charge in [0.2, 0.25) is 0 Å². The van der Waals surface area contributed by atoms with Gasteiger partial charge in [-0.15, -0.1) is 0 Å². The fourth-order valence-electron chi connectivity index (χ4n) is 5.10. The van der Waals surface area contributed by atoms with Gasteiger partial charge in [0, 0.05) is 59.8 Å². The van der Waals surface area contributed by atoms with Gasteiger partial charge in [-0.2, -0.15) is 10.2 Å². The lowest BCUT2D eigenvalue weighted by atomic mass is 10.1. The standard InChI is InChI=1S/C32H33N5O2/c1-24-23-27(37(38)39)19-20-30(24)34-33-25-15-17-26(18-16-25)35(2)21-9-3-4-10-22-36-31-13-7-5-11-28(31)29-12-6-8-14-32(29)36/h5-8,11-20,23H,3-4,9-10,21-22H2,1-2H3. The molecule has 0 unspecified atom stereocenters. The van der Waals surface area contributed by atoms with Gasteiger partial charge >= 0.3 is 0 Å². The number of nitro groups is 1. The third-order valence-corrected chi connectivity index (χ3v) is 7.26. The van der Waals surface area contributed by atoms with E-state index < -0.39 is 4.92 Å². The van der Waals surface area contributed by atoms with Crippen molar-refractivity contribution >= 4 is 44.6 Å². The molecule has 198 valence electrons. The lowest BCUT2D eigenvalue weighted by molar-refractivity contribution is -0.384. The summed E-state index contributed by atoms with van der Waals surface area (Å²) in [6.07, 6.45) is 4.71. The van der Waals surface area contributed by atoms with Gasteiger partial charge in [-0.05, 0) is 67.8 Å². The number of rotatable bonds is 11. The van der Waals surface area contributed by atoms with E-state index in [9.17, 15) is 10.1 Å². The van der Waals surface area contributed by atoms with Gasteiger partial charge in [-0.1, -0.05) is 49.2 Å². The lowest BCUT2D eigenvalue weighted by Crippen LogP contribution is -2.18. The number of unbranched alkanes of at least 4 members (excludes halogenated alkanes) is 3. The first-order valence-electron chi connectivity index (χ1n) is 13.5. The van der Waals surface area contributed by atoms with E-state index in [0.717, 1.165) is 36.4 Å². The van der Waals surface area contributed by atoms with Crippen molar-refractivity contribution in [2.24, 2.45) is 10.2 Å². The minimum Gasteiger partial charge on any atom is -0.375 e. The van der Waals surface area contributed by atoms with Crippen LogP contribution in [0.25, 0.3) is 21.8 Å². The lowest BCUT2D eigenvalue weighted by Gasteiger charge is -2.19. The Balaban J connectivity index is 1.09. The number of para-hydroxylation sites is 2. The number of aromatic nitrogens is 1. The number of hydrogen-bond acceptors (Lipinski definition) is 5. The molecule has 7 heteroatoms. The second-order valence-electron chi connectivity index (χ2n) is 9.97. The SMILES string of the molecule is Cc1cc([N+](=O)[O-])ccc1N=Nc1ccc(N(C)CCCCCCn2c3ccccc3c3ccccc32)cc1. The molecule has 0 spiro atoms. The van der Waals surface area contributed by atoms with Crippen molar-refractivity contribution < 1.29 is 4.92 Å². The van der Waals surface area contributed by atoms with Crippen LogP contribution in [0.5, 0.6) is 0 Å². The molecule has 0 bridgehead atoms. The minimum absolute atomic E-state index is 0.0574. The third-order valence-electron chi connectivity index (χ3n) is 7.26. The van der Waals surface area contributed by atoms with Gasteiger partial charge in [0.15, 0.2) is 0 Å². The molecule has 0 saturated heterocycles. The molecule has 7 nitrogen and oxygen atoms in total. The normalized spacial score (nSPS) is 11.5. The van der Waals surface area contributed by atoms with Crippen molar-refractivity contribution in [3.63, 3.8) is 0 Å². The maximum Gasteiger partial charge on any atom is 0.269 e. The van der Waals surface area contributed by atoms with Crippen LogP contribution in [0, 0.1) is 17.0 Å². The average Bonchev–Trinajstić information content (AvgIpc) is 3.28. The molecule has 0 aliphatic carbocycles. The number of non-ortho nitro benzene ring substituents is 1. The summed E-state index contributed by atoms with van der Waals surface area (Å²) >= 11 is 0. The van der Waals surface area contributed by atoms with Crippen LogP contribution in [0.3, 0.4) is 0 Å². The predicted octanol–water partition coefficient (Wildman–Crippen LogP) is 9.12. The average molecular weight is 520 g/mol. The van der Waals surface area contributed by atoms with Crippen LogP contribution in [0.1, 0.15) is 31.2 Å². The van der Waals surface area contributed by atoms with Crippen molar-refractivity contribution in [2.45, 2.75) is 39.2 Å². The predicted molar refractivity (Wildman–Crippen MR) is 160 cm³/mol. The minimum atomic E-state index is -0.407. The number of aryl methyl sites for hydroxylation is 2. The fraction of sp³-hybridized carbons (Fsp3) is 0.250. The largest absolute Gasteiger partial charge is 0.375 e. The van der Waals surface area contributed by atoms with E-state index in [1.54, 1.807) is 13.0 Å². The molecule has 0 N–H and O–H groups in total. The molecule has 1 heterocycles. The molecule has 0 fully saturated rings. The van der Waals surface area contributed by atoms with Crippen LogP contribution in [0.15, 0.2) is 101 Å². The summed E-state index contributed by atoms with van der Waals surface area (Å²) in [6, 6.07) is 30.0. The summed E-state index contributed by atoms with van der Waals surface area (Å²) in [7, 11) is 2.12. The van der Waals surface area contributed by atoms with Gasteiger partial charge in [0.1, 0.15) is 0 Å². The zero-order valence-corrected chi connectivity index (χ0v) is 22.5. The number of azo groups is 1. The van der Waals surface area contributed by atoms with Crippen LogP contribution >= 0.6 is 0 Å². The molecule has 0 amide bonds. The molecule has 0 aliphatic heterocycles. The van der Waals surface area contributed by atoms with Crippen LogP contribution in [0.2, 0.25) is 0 Å². The number of fused-ring (bicyclic) bond motifs is 3. The number of hydrogen-bond donors (Lipinski definition) is 0. The summed E-state index contributed by atoms with van der Waals surface area (Å²) in [5.41, 5.74) is 5.94. The smallest absolute Gasteiger partial charge is 0.269 e. The summed E-state index contributed by atoms with van der Waals surface area (Å²) in [6.45, 7) is 3.83. The zero-order valence-electron chi connectivity index (χ0n) is 22.5. The van der Waals surface area contributed by atoms with Crippen LogP contribution < -0.4 is 4.90 Å². The van der Waals surface area contributed by atoms with Gasteiger partial charge in [-0.3, -0.25) is 10.1 Å². The van der Waals surface area contributed by atoms with E-state index in [4.69, 9.17) is 0 Å². The van der Waals surface area contributed by atoms with E-state index in [1.165, 1.54) is 53.2 Å². The molecule has 0 aliphatic rings. The molecule has 0 radical (unpaired) electrons. The Labute approximate surface area is 228 Å². The maximum absolute atomic E-state index is 10.9. The van der Waals surface area contributed by atoms with Crippen LogP contribution in [-0.4, -0.2) is 23.1 Å².